The van der Waals surface area contributed by atoms with Crippen molar-refractivity contribution in [2.75, 3.05) is 0 Å². The van der Waals surface area contributed by atoms with E-state index >= 15 is 0 Å². The molecular weight excluding hydrogens is 380 g/mol. The summed E-state index contributed by atoms with van der Waals surface area (Å²) in [6, 6.07) is 22.7. The fourth-order valence-electron chi connectivity index (χ4n) is 2.66. The van der Waals surface area contributed by atoms with E-state index in [0.29, 0.717) is 23.0 Å². The third-order valence-electron chi connectivity index (χ3n) is 4.27. The standard InChI is InChI=1S/C23H20N4O3/c1-16-7-9-17(10-8-16)21-13-20(30-26-21)15-28-27-23(24)18-11-12-22(25-14-18)29-19-5-3-2-4-6-19/h2-14H,15H2,1H3,(H2,24,27). The molecule has 4 aromatic rings. The summed E-state index contributed by atoms with van der Waals surface area (Å²) in [6.45, 7) is 2.15. The second kappa shape index (κ2) is 8.91. The van der Waals surface area contributed by atoms with Crippen molar-refractivity contribution in [3.8, 4) is 22.9 Å². The molecule has 2 aromatic carbocycles. The van der Waals surface area contributed by atoms with Crippen LogP contribution in [0.2, 0.25) is 0 Å². The lowest BCUT2D eigenvalue weighted by Gasteiger charge is -2.05. The number of nitrogens with two attached hydrogens (primary N) is 1. The Hall–Kier alpha value is -4.13. The summed E-state index contributed by atoms with van der Waals surface area (Å²) < 4.78 is 11.0. The molecule has 0 aliphatic rings. The van der Waals surface area contributed by atoms with Crippen molar-refractivity contribution in [3.05, 3.63) is 95.9 Å². The summed E-state index contributed by atoms with van der Waals surface area (Å²) in [5.74, 6) is 1.92. The lowest BCUT2D eigenvalue weighted by Crippen LogP contribution is -2.14. The van der Waals surface area contributed by atoms with Crippen molar-refractivity contribution in [1.82, 2.24) is 10.1 Å². The Kier molecular flexibility index (Phi) is 5.70. The first kappa shape index (κ1) is 19.2. The van der Waals surface area contributed by atoms with Crippen molar-refractivity contribution in [2.45, 2.75) is 13.5 Å². The van der Waals surface area contributed by atoms with Gasteiger partial charge in [-0.2, -0.15) is 0 Å². The zero-order valence-corrected chi connectivity index (χ0v) is 16.4. The summed E-state index contributed by atoms with van der Waals surface area (Å²) in [5.41, 5.74) is 9.49. The van der Waals surface area contributed by atoms with Gasteiger partial charge in [0, 0.05) is 29.5 Å². The van der Waals surface area contributed by atoms with Crippen molar-refractivity contribution in [1.29, 1.82) is 0 Å². The van der Waals surface area contributed by atoms with Crippen LogP contribution in [0.3, 0.4) is 0 Å². The Balaban J connectivity index is 1.33. The number of hydrogen-bond acceptors (Lipinski definition) is 6. The van der Waals surface area contributed by atoms with Crippen LogP contribution in [0.25, 0.3) is 11.3 Å². The van der Waals surface area contributed by atoms with E-state index in [1.165, 1.54) is 5.56 Å². The first-order valence-corrected chi connectivity index (χ1v) is 9.35. The van der Waals surface area contributed by atoms with Crippen LogP contribution >= 0.6 is 0 Å². The van der Waals surface area contributed by atoms with E-state index < -0.39 is 0 Å². The second-order valence-corrected chi connectivity index (χ2v) is 6.59. The molecular formula is C23H20N4O3. The highest BCUT2D eigenvalue weighted by atomic mass is 16.6. The number of pyridine rings is 1. The van der Waals surface area contributed by atoms with E-state index in [0.717, 1.165) is 11.3 Å². The van der Waals surface area contributed by atoms with Gasteiger partial charge in [0.2, 0.25) is 5.88 Å². The van der Waals surface area contributed by atoms with Gasteiger partial charge in [-0.3, -0.25) is 0 Å². The van der Waals surface area contributed by atoms with Gasteiger partial charge in [0.05, 0.1) is 0 Å². The molecule has 7 heteroatoms. The van der Waals surface area contributed by atoms with Crippen LogP contribution < -0.4 is 10.5 Å². The van der Waals surface area contributed by atoms with Crippen molar-refractivity contribution < 1.29 is 14.1 Å². The first-order chi connectivity index (χ1) is 14.7. The second-order valence-electron chi connectivity index (χ2n) is 6.59. The van der Waals surface area contributed by atoms with Gasteiger partial charge in [0.15, 0.2) is 18.2 Å². The molecule has 0 atom stereocenters. The maximum atomic E-state index is 5.97. The number of oxime groups is 1. The summed E-state index contributed by atoms with van der Waals surface area (Å²) in [6.07, 6.45) is 1.57. The van der Waals surface area contributed by atoms with Gasteiger partial charge in [0.25, 0.3) is 0 Å². The Morgan fingerprint density at radius 3 is 2.57 bits per heavy atom. The van der Waals surface area contributed by atoms with E-state index in [-0.39, 0.29) is 12.4 Å². The van der Waals surface area contributed by atoms with Gasteiger partial charge in [-0.1, -0.05) is 58.3 Å². The fraction of sp³-hybridized carbons (Fsp3) is 0.0870. The number of para-hydroxylation sites is 1. The number of nitrogens with zero attached hydrogens (tertiary/aromatic N) is 3. The minimum Gasteiger partial charge on any atom is -0.439 e. The zero-order valence-electron chi connectivity index (χ0n) is 16.4. The highest BCUT2D eigenvalue weighted by Crippen LogP contribution is 2.20. The lowest BCUT2D eigenvalue weighted by atomic mass is 10.1. The molecule has 0 unspecified atom stereocenters. The van der Waals surface area contributed by atoms with Gasteiger partial charge in [-0.25, -0.2) is 4.98 Å². The van der Waals surface area contributed by atoms with Crippen LogP contribution in [0.5, 0.6) is 11.6 Å². The number of aromatic nitrogens is 2. The van der Waals surface area contributed by atoms with Gasteiger partial charge in [0.1, 0.15) is 11.4 Å². The first-order valence-electron chi connectivity index (χ1n) is 9.35. The monoisotopic (exact) mass is 400 g/mol. The molecule has 2 aromatic heterocycles. The third-order valence-corrected chi connectivity index (χ3v) is 4.27. The SMILES string of the molecule is Cc1ccc(-c2cc(CO/N=C(/N)c3ccc(Oc4ccccc4)nc3)on2)cc1. The Morgan fingerprint density at radius 1 is 1.03 bits per heavy atom. The maximum absolute atomic E-state index is 5.97. The van der Waals surface area contributed by atoms with Crippen LogP contribution in [0.4, 0.5) is 0 Å². The predicted octanol–water partition coefficient (Wildman–Crippen LogP) is 4.67. The zero-order chi connectivity index (χ0) is 20.8. The van der Waals surface area contributed by atoms with Crippen molar-refractivity contribution in [3.63, 3.8) is 0 Å². The van der Waals surface area contributed by atoms with Crippen molar-refractivity contribution in [2.24, 2.45) is 10.9 Å². The minimum absolute atomic E-state index is 0.113. The van der Waals surface area contributed by atoms with E-state index in [9.17, 15) is 0 Å². The molecule has 7 nitrogen and oxygen atoms in total. The minimum atomic E-state index is 0.113. The normalized spacial score (nSPS) is 11.3. The van der Waals surface area contributed by atoms with E-state index in [1.54, 1.807) is 18.3 Å². The smallest absolute Gasteiger partial charge is 0.219 e. The number of benzene rings is 2. The van der Waals surface area contributed by atoms with Crippen LogP contribution in [-0.2, 0) is 11.4 Å². The van der Waals surface area contributed by atoms with Gasteiger partial charge in [-0.05, 0) is 25.1 Å². The highest BCUT2D eigenvalue weighted by Gasteiger charge is 2.08. The number of hydrogen-bond donors (Lipinski definition) is 1. The predicted molar refractivity (Wildman–Crippen MR) is 113 cm³/mol. The van der Waals surface area contributed by atoms with E-state index in [4.69, 9.17) is 19.8 Å². The molecule has 0 saturated heterocycles. The number of rotatable bonds is 7. The van der Waals surface area contributed by atoms with Crippen LogP contribution in [-0.4, -0.2) is 16.0 Å². The highest BCUT2D eigenvalue weighted by molar-refractivity contribution is 5.96. The van der Waals surface area contributed by atoms with Crippen LogP contribution in [0.1, 0.15) is 16.9 Å². The quantitative estimate of drug-likeness (QED) is 0.275. The molecule has 0 bridgehead atoms. The summed E-state index contributed by atoms with van der Waals surface area (Å²) >= 11 is 0. The largest absolute Gasteiger partial charge is 0.439 e. The Morgan fingerprint density at radius 2 is 1.83 bits per heavy atom. The molecule has 0 amide bonds. The summed E-state index contributed by atoms with van der Waals surface area (Å²) in [7, 11) is 0. The molecule has 4 rings (SSSR count). The summed E-state index contributed by atoms with van der Waals surface area (Å²) in [4.78, 5) is 9.54. The Labute approximate surface area is 173 Å². The molecule has 30 heavy (non-hydrogen) atoms. The number of ether oxygens (including phenoxy) is 1. The van der Waals surface area contributed by atoms with E-state index in [2.05, 4.69) is 15.3 Å². The maximum Gasteiger partial charge on any atom is 0.219 e. The molecule has 0 radical (unpaired) electrons. The molecule has 2 N–H and O–H groups in total. The molecule has 0 spiro atoms. The molecule has 0 aliphatic carbocycles. The molecule has 150 valence electrons. The molecule has 2 heterocycles. The average molecular weight is 400 g/mol. The van der Waals surface area contributed by atoms with Gasteiger partial charge >= 0.3 is 0 Å². The Bertz CT molecular complexity index is 1120. The van der Waals surface area contributed by atoms with Crippen LogP contribution in [0.15, 0.2) is 88.7 Å². The topological polar surface area (TPSA) is 95.8 Å². The van der Waals surface area contributed by atoms with Gasteiger partial charge in [-0.15, -0.1) is 0 Å². The van der Waals surface area contributed by atoms with Gasteiger partial charge < -0.3 is 19.8 Å². The average Bonchev–Trinajstić information content (AvgIpc) is 3.24. The molecule has 0 fully saturated rings. The number of aryl methyl sites for hydroxylation is 1. The third kappa shape index (κ3) is 4.82. The van der Waals surface area contributed by atoms with Crippen LogP contribution in [0, 0.1) is 6.92 Å². The lowest BCUT2D eigenvalue weighted by molar-refractivity contribution is 0.109. The number of amidine groups is 1. The van der Waals surface area contributed by atoms with E-state index in [1.807, 2.05) is 67.6 Å². The fourth-order valence-corrected chi connectivity index (χ4v) is 2.66. The molecule has 0 saturated carbocycles. The van der Waals surface area contributed by atoms with Crippen molar-refractivity contribution >= 4 is 5.84 Å². The summed E-state index contributed by atoms with van der Waals surface area (Å²) in [5, 5.41) is 7.98. The molecule has 0 aliphatic heterocycles.